The largest absolute Gasteiger partial charge is 0.514 e. The van der Waals surface area contributed by atoms with Gasteiger partial charge in [-0.15, -0.1) is 0 Å². The smallest absolute Gasteiger partial charge is 0.398 e. The molecule has 204 valence electrons. The second-order valence-corrected chi connectivity index (χ2v) is 12.0. The van der Waals surface area contributed by atoms with E-state index in [1.807, 2.05) is 18.5 Å². The van der Waals surface area contributed by atoms with Gasteiger partial charge in [0, 0.05) is 23.2 Å². The molecule has 6 heteroatoms. The van der Waals surface area contributed by atoms with Crippen molar-refractivity contribution in [2.45, 2.75) is 57.3 Å². The minimum Gasteiger partial charge on any atom is -0.398 e. The zero-order valence-corrected chi connectivity index (χ0v) is 24.0. The number of hydrogen-bond acceptors (Lipinski definition) is 4. The lowest BCUT2D eigenvalue weighted by Gasteiger charge is -2.40. The molecule has 5 nitrogen and oxygen atoms in total. The Bertz CT molecular complexity index is 1750. The van der Waals surface area contributed by atoms with E-state index in [2.05, 4.69) is 128 Å². The fourth-order valence-electron chi connectivity index (χ4n) is 6.31. The summed E-state index contributed by atoms with van der Waals surface area (Å²) in [6.07, 6.45) is 12.8. The minimum atomic E-state index is -0.678. The third kappa shape index (κ3) is 3.92. The first-order valence-electron chi connectivity index (χ1n) is 14.4. The lowest BCUT2D eigenvalue weighted by molar-refractivity contribution is 0.00578. The molecule has 0 spiro atoms. The van der Waals surface area contributed by atoms with Crippen molar-refractivity contribution >= 4 is 34.6 Å². The van der Waals surface area contributed by atoms with Crippen LogP contribution in [0.1, 0.15) is 51.7 Å². The number of hydrogen-bond donors (Lipinski definition) is 0. The molecule has 2 aromatic carbocycles. The van der Waals surface area contributed by atoms with E-state index in [1.165, 1.54) is 16.7 Å². The van der Waals surface area contributed by atoms with Gasteiger partial charge in [-0.3, -0.25) is 4.98 Å². The van der Waals surface area contributed by atoms with Crippen LogP contribution in [0.4, 0.5) is 0 Å². The molecule has 7 rings (SSSR count). The first kappa shape index (κ1) is 25.9. The summed E-state index contributed by atoms with van der Waals surface area (Å²) in [5.74, 6) is 0. The van der Waals surface area contributed by atoms with E-state index in [1.54, 1.807) is 0 Å². The highest BCUT2D eigenvalue weighted by Crippen LogP contribution is 2.47. The van der Waals surface area contributed by atoms with Gasteiger partial charge in [-0.2, -0.15) is 0 Å². The van der Waals surface area contributed by atoms with E-state index in [0.717, 1.165) is 40.4 Å². The number of pyridine rings is 2. The highest BCUT2D eigenvalue weighted by molar-refractivity contribution is 6.61. The third-order valence-electron chi connectivity index (χ3n) is 9.06. The highest BCUT2D eigenvalue weighted by atomic mass is 16.7. The van der Waals surface area contributed by atoms with Crippen LogP contribution < -0.4 is 5.59 Å². The van der Waals surface area contributed by atoms with Crippen LogP contribution in [0.5, 0.6) is 0 Å². The number of nitrogens with zero attached hydrogens (tertiary/aromatic N) is 3. The van der Waals surface area contributed by atoms with Gasteiger partial charge in [0.2, 0.25) is 0 Å². The first-order valence-corrected chi connectivity index (χ1v) is 14.4. The van der Waals surface area contributed by atoms with Crippen molar-refractivity contribution in [3.63, 3.8) is 0 Å². The van der Waals surface area contributed by atoms with Crippen LogP contribution >= 0.6 is 0 Å². The van der Waals surface area contributed by atoms with Crippen LogP contribution in [0.2, 0.25) is 0 Å². The summed E-state index contributed by atoms with van der Waals surface area (Å²) < 4.78 is 15.3. The van der Waals surface area contributed by atoms with E-state index in [4.69, 9.17) is 14.3 Å². The molecule has 0 bridgehead atoms. The number of aromatic nitrogens is 3. The van der Waals surface area contributed by atoms with Crippen molar-refractivity contribution in [3.8, 4) is 0 Å². The van der Waals surface area contributed by atoms with Gasteiger partial charge in [0.15, 0.2) is 0 Å². The highest BCUT2D eigenvalue weighted by Gasteiger charge is 2.52. The second-order valence-electron chi connectivity index (χ2n) is 12.0. The lowest BCUT2D eigenvalue weighted by Crippen LogP contribution is -2.41. The van der Waals surface area contributed by atoms with Crippen LogP contribution in [-0.2, 0) is 14.8 Å². The van der Waals surface area contributed by atoms with Gasteiger partial charge in [0.25, 0.3) is 0 Å². The molecule has 1 aliphatic carbocycles. The molecular weight excluding hydrogens is 505 g/mol. The summed E-state index contributed by atoms with van der Waals surface area (Å²) in [5, 5.41) is 2.11. The Balaban J connectivity index is 1.60. The van der Waals surface area contributed by atoms with Crippen molar-refractivity contribution in [2.24, 2.45) is 0 Å². The topological polar surface area (TPSA) is 49.2 Å². The van der Waals surface area contributed by atoms with Gasteiger partial charge in [0.05, 0.1) is 22.3 Å². The lowest BCUT2D eigenvalue weighted by atomic mass is 9.74. The Labute approximate surface area is 241 Å². The molecular formula is C35H34BN3O2. The average Bonchev–Trinajstić information content (AvgIpc) is 3.44. The first-order chi connectivity index (χ1) is 19.8. The molecule has 2 aliphatic rings. The fraction of sp³-hybridized carbons (Fsp3) is 0.257. The second kappa shape index (κ2) is 9.54. The molecule has 1 fully saturated rings. The zero-order valence-electron chi connectivity index (χ0n) is 24.0. The molecule has 0 saturated carbocycles. The zero-order chi connectivity index (χ0) is 28.2. The molecule has 5 aromatic rings. The summed E-state index contributed by atoms with van der Waals surface area (Å²) in [7, 11) is -0.564. The fourth-order valence-corrected chi connectivity index (χ4v) is 6.31. The van der Waals surface area contributed by atoms with E-state index in [9.17, 15) is 0 Å². The molecule has 1 saturated heterocycles. The molecule has 41 heavy (non-hydrogen) atoms. The van der Waals surface area contributed by atoms with Crippen molar-refractivity contribution in [2.75, 3.05) is 0 Å². The predicted octanol–water partition coefficient (Wildman–Crippen LogP) is 6.95. The molecule has 1 aliphatic heterocycles. The van der Waals surface area contributed by atoms with Crippen LogP contribution in [-0.4, -0.2) is 32.9 Å². The van der Waals surface area contributed by atoms with Gasteiger partial charge < -0.3 is 13.9 Å². The SMILES string of the molecule is CC1(C)OB(c2ccc3c4cnccc4n(C(C4=CCCC=C4)(c4ccccc4)c4ccccc4)c3n2)OC1(C)C. The molecule has 3 aromatic heterocycles. The van der Waals surface area contributed by atoms with Gasteiger partial charge in [-0.05, 0) is 75.4 Å². The third-order valence-corrected chi connectivity index (χ3v) is 9.06. The number of fused-ring (bicyclic) bond motifs is 3. The van der Waals surface area contributed by atoms with E-state index >= 15 is 0 Å². The van der Waals surface area contributed by atoms with Crippen LogP contribution in [0.3, 0.4) is 0 Å². The number of benzene rings is 2. The van der Waals surface area contributed by atoms with E-state index < -0.39 is 23.9 Å². The Morgan fingerprint density at radius 2 is 1.44 bits per heavy atom. The molecule has 0 amide bonds. The van der Waals surface area contributed by atoms with Crippen LogP contribution in [0.25, 0.3) is 21.9 Å². The summed E-state index contributed by atoms with van der Waals surface area (Å²) in [4.78, 5) is 9.91. The Morgan fingerprint density at radius 1 is 0.780 bits per heavy atom. The van der Waals surface area contributed by atoms with E-state index in [0.29, 0.717) is 0 Å². The average molecular weight is 539 g/mol. The van der Waals surface area contributed by atoms with Crippen molar-refractivity contribution < 1.29 is 9.31 Å². The summed E-state index contributed by atoms with van der Waals surface area (Å²) >= 11 is 0. The number of allylic oxidation sites excluding steroid dienone is 4. The summed E-state index contributed by atoms with van der Waals surface area (Å²) in [5.41, 5.74) is 4.67. The molecule has 4 heterocycles. The van der Waals surface area contributed by atoms with Gasteiger partial charge >= 0.3 is 7.12 Å². The minimum absolute atomic E-state index is 0.458. The monoisotopic (exact) mass is 539 g/mol. The molecule has 0 atom stereocenters. The van der Waals surface area contributed by atoms with E-state index in [-0.39, 0.29) is 0 Å². The summed E-state index contributed by atoms with van der Waals surface area (Å²) in [6.45, 7) is 8.30. The Hall–Kier alpha value is -4.00. The van der Waals surface area contributed by atoms with Gasteiger partial charge in [-0.25, -0.2) is 4.98 Å². The Morgan fingerprint density at radius 3 is 2.05 bits per heavy atom. The van der Waals surface area contributed by atoms with Crippen molar-refractivity contribution in [3.05, 3.63) is 126 Å². The van der Waals surface area contributed by atoms with Crippen LogP contribution in [0.15, 0.2) is 115 Å². The van der Waals surface area contributed by atoms with Gasteiger partial charge in [0.1, 0.15) is 11.2 Å². The van der Waals surface area contributed by atoms with Crippen LogP contribution in [0, 0.1) is 0 Å². The summed E-state index contributed by atoms with van der Waals surface area (Å²) in [6, 6.07) is 27.9. The maximum absolute atomic E-state index is 6.46. The maximum Gasteiger partial charge on any atom is 0.514 e. The number of rotatable bonds is 5. The standard InChI is InChI=1S/C35H34BN3O2/c1-33(2)34(3,4)41-36(40-33)31-21-20-28-29-24-37-23-22-30(29)39(32(28)38-31)35(25-14-8-5-9-15-25,26-16-10-6-11-17-26)27-18-12-7-13-19-27/h5-6,8-12,14-24H,7,13H2,1-4H3. The van der Waals surface area contributed by atoms with Crippen molar-refractivity contribution in [1.82, 2.24) is 14.5 Å². The molecule has 0 N–H and O–H groups in total. The van der Waals surface area contributed by atoms with Gasteiger partial charge in [-0.1, -0.05) is 78.9 Å². The maximum atomic E-state index is 6.46. The van der Waals surface area contributed by atoms with Crippen molar-refractivity contribution in [1.29, 1.82) is 0 Å². The molecule has 0 unspecified atom stereocenters. The normalized spacial score (nSPS) is 18.2. The molecule has 0 radical (unpaired) electrons. The quantitative estimate of drug-likeness (QED) is 0.227. The predicted molar refractivity (Wildman–Crippen MR) is 166 cm³/mol. The Kier molecular flexibility index (Phi) is 6.04.